The molecule has 0 atom stereocenters. The van der Waals surface area contributed by atoms with Crippen molar-refractivity contribution in [3.05, 3.63) is 83.9 Å². The van der Waals surface area contributed by atoms with E-state index in [2.05, 4.69) is 10.9 Å². The van der Waals surface area contributed by atoms with Crippen LogP contribution in [0.4, 0.5) is 0 Å². The Morgan fingerprint density at radius 3 is 2.59 bits per heavy atom. The van der Waals surface area contributed by atoms with Crippen molar-refractivity contribution < 1.29 is 14.3 Å². The maximum atomic E-state index is 11.9. The monoisotopic (exact) mass is 360 g/mol. The van der Waals surface area contributed by atoms with Crippen LogP contribution < -0.4 is 15.6 Å². The summed E-state index contributed by atoms with van der Waals surface area (Å²) in [5.74, 6) is -0.261. The van der Waals surface area contributed by atoms with Crippen LogP contribution in [-0.4, -0.2) is 18.4 Å². The minimum Gasteiger partial charge on any atom is -0.484 e. The van der Waals surface area contributed by atoms with Gasteiger partial charge in [0.2, 0.25) is 0 Å². The average Bonchev–Trinajstić information content (AvgIpc) is 2.69. The summed E-state index contributed by atoms with van der Waals surface area (Å²) in [5, 5.41) is 2.15. The predicted octanol–water partition coefficient (Wildman–Crippen LogP) is 3.39. The number of hydrogen-bond acceptors (Lipinski definition) is 3. The number of aryl methyl sites for hydroxylation is 1. The molecule has 0 aliphatic rings. The smallest absolute Gasteiger partial charge is 0.276 e. The molecule has 0 spiro atoms. The number of amides is 2. The molecular formula is C22H20N2O3. The molecule has 3 aromatic carbocycles. The molecule has 2 N–H and O–H groups in total. The van der Waals surface area contributed by atoms with Crippen molar-refractivity contribution >= 4 is 28.7 Å². The van der Waals surface area contributed by atoms with Gasteiger partial charge in [-0.05, 0) is 47.0 Å². The Morgan fingerprint density at radius 2 is 1.74 bits per heavy atom. The van der Waals surface area contributed by atoms with Gasteiger partial charge in [0.25, 0.3) is 11.8 Å². The van der Waals surface area contributed by atoms with E-state index >= 15 is 0 Å². The molecule has 0 saturated carbocycles. The maximum absolute atomic E-state index is 11.9. The molecule has 27 heavy (non-hydrogen) atoms. The third-order valence-corrected chi connectivity index (χ3v) is 3.92. The van der Waals surface area contributed by atoms with Gasteiger partial charge in [-0.1, -0.05) is 54.6 Å². The number of benzene rings is 3. The van der Waals surface area contributed by atoms with Crippen molar-refractivity contribution in [3.63, 3.8) is 0 Å². The highest BCUT2D eigenvalue weighted by atomic mass is 16.5. The van der Waals surface area contributed by atoms with Gasteiger partial charge in [-0.25, -0.2) is 0 Å². The fourth-order valence-electron chi connectivity index (χ4n) is 2.62. The highest BCUT2D eigenvalue weighted by Gasteiger charge is 2.04. The largest absolute Gasteiger partial charge is 0.484 e. The topological polar surface area (TPSA) is 67.4 Å². The zero-order chi connectivity index (χ0) is 19.1. The molecule has 0 radical (unpaired) electrons. The highest BCUT2D eigenvalue weighted by molar-refractivity contribution is 5.97. The average molecular weight is 360 g/mol. The molecular weight excluding hydrogens is 340 g/mol. The molecule has 0 fully saturated rings. The normalized spacial score (nSPS) is 10.7. The van der Waals surface area contributed by atoms with Gasteiger partial charge < -0.3 is 4.74 Å². The molecule has 3 aromatic rings. The summed E-state index contributed by atoms with van der Waals surface area (Å²) in [6, 6.07) is 21.2. The summed E-state index contributed by atoms with van der Waals surface area (Å²) >= 11 is 0. The van der Waals surface area contributed by atoms with E-state index in [0.29, 0.717) is 5.75 Å². The second-order valence-corrected chi connectivity index (χ2v) is 6.04. The number of fused-ring (bicyclic) bond motifs is 1. The van der Waals surface area contributed by atoms with Crippen LogP contribution >= 0.6 is 0 Å². The minimum atomic E-state index is -0.441. The van der Waals surface area contributed by atoms with E-state index < -0.39 is 11.8 Å². The van der Waals surface area contributed by atoms with Gasteiger partial charge in [0, 0.05) is 6.08 Å². The first-order chi connectivity index (χ1) is 13.1. The van der Waals surface area contributed by atoms with Crippen LogP contribution in [0.15, 0.2) is 72.8 Å². The maximum Gasteiger partial charge on any atom is 0.276 e. The first-order valence-electron chi connectivity index (χ1n) is 8.56. The van der Waals surface area contributed by atoms with Gasteiger partial charge in [-0.2, -0.15) is 0 Å². The first-order valence-corrected chi connectivity index (χ1v) is 8.56. The lowest BCUT2D eigenvalue weighted by molar-refractivity contribution is -0.128. The van der Waals surface area contributed by atoms with Crippen LogP contribution in [-0.2, 0) is 9.59 Å². The van der Waals surface area contributed by atoms with Crippen molar-refractivity contribution in [3.8, 4) is 5.75 Å². The van der Waals surface area contributed by atoms with Crippen LogP contribution in [0.5, 0.6) is 5.75 Å². The molecule has 0 saturated heterocycles. The van der Waals surface area contributed by atoms with E-state index in [1.807, 2.05) is 67.6 Å². The lowest BCUT2D eigenvalue weighted by Gasteiger charge is -2.08. The van der Waals surface area contributed by atoms with Crippen molar-refractivity contribution in [1.82, 2.24) is 10.9 Å². The molecule has 136 valence electrons. The Labute approximate surface area is 157 Å². The number of ether oxygens (including phenoxy) is 1. The number of carbonyl (C=O) groups excluding carboxylic acids is 2. The third kappa shape index (κ3) is 5.19. The van der Waals surface area contributed by atoms with Crippen molar-refractivity contribution in [2.75, 3.05) is 6.61 Å². The van der Waals surface area contributed by atoms with E-state index in [9.17, 15) is 9.59 Å². The van der Waals surface area contributed by atoms with Crippen molar-refractivity contribution in [1.29, 1.82) is 0 Å². The summed E-state index contributed by atoms with van der Waals surface area (Å²) in [6.07, 6.45) is 3.09. The lowest BCUT2D eigenvalue weighted by atomic mass is 10.0. The van der Waals surface area contributed by atoms with Crippen LogP contribution in [0.1, 0.15) is 11.1 Å². The quantitative estimate of drug-likeness (QED) is 0.541. The lowest BCUT2D eigenvalue weighted by Crippen LogP contribution is -2.43. The summed E-state index contributed by atoms with van der Waals surface area (Å²) < 4.78 is 5.38. The summed E-state index contributed by atoms with van der Waals surface area (Å²) in [4.78, 5) is 23.7. The van der Waals surface area contributed by atoms with Crippen LogP contribution in [0.25, 0.3) is 16.8 Å². The Kier molecular flexibility index (Phi) is 5.84. The zero-order valence-corrected chi connectivity index (χ0v) is 14.9. The highest BCUT2D eigenvalue weighted by Crippen LogP contribution is 2.19. The number of carbonyl (C=O) groups is 2. The molecule has 0 aromatic heterocycles. The van der Waals surface area contributed by atoms with Gasteiger partial charge in [0.05, 0.1) is 0 Å². The minimum absolute atomic E-state index is 0.184. The predicted molar refractivity (Wildman–Crippen MR) is 106 cm³/mol. The fourth-order valence-corrected chi connectivity index (χ4v) is 2.62. The standard InChI is InChI=1S/C22H20N2O3/c1-16-6-4-10-19(14-16)27-15-22(26)24-23-21(25)13-12-18-9-5-8-17-7-2-3-11-20(17)18/h2-14H,15H2,1H3,(H,23,25)(H,24,26)/b13-12+. The summed E-state index contributed by atoms with van der Waals surface area (Å²) in [7, 11) is 0. The third-order valence-electron chi connectivity index (χ3n) is 3.92. The molecule has 0 heterocycles. The summed E-state index contributed by atoms with van der Waals surface area (Å²) in [5.41, 5.74) is 6.64. The van der Waals surface area contributed by atoms with Crippen LogP contribution in [0.3, 0.4) is 0 Å². The SMILES string of the molecule is Cc1cccc(OCC(=O)NNC(=O)/C=C/c2cccc3ccccc23)c1. The number of nitrogens with one attached hydrogen (secondary N) is 2. The Balaban J connectivity index is 1.50. The second-order valence-electron chi connectivity index (χ2n) is 6.04. The molecule has 0 bridgehead atoms. The van der Waals surface area contributed by atoms with Crippen LogP contribution in [0, 0.1) is 6.92 Å². The molecule has 5 heteroatoms. The Morgan fingerprint density at radius 1 is 0.963 bits per heavy atom. The Bertz CT molecular complexity index is 990. The van der Waals surface area contributed by atoms with E-state index in [1.165, 1.54) is 6.08 Å². The van der Waals surface area contributed by atoms with Gasteiger partial charge in [-0.3, -0.25) is 20.4 Å². The second kappa shape index (κ2) is 8.67. The van der Waals surface area contributed by atoms with E-state index in [1.54, 1.807) is 12.1 Å². The molecule has 0 aliphatic heterocycles. The van der Waals surface area contributed by atoms with Gasteiger partial charge >= 0.3 is 0 Å². The van der Waals surface area contributed by atoms with Crippen LogP contribution in [0.2, 0.25) is 0 Å². The van der Waals surface area contributed by atoms with Gasteiger partial charge in [0.1, 0.15) is 5.75 Å². The molecule has 0 unspecified atom stereocenters. The zero-order valence-electron chi connectivity index (χ0n) is 14.9. The van der Waals surface area contributed by atoms with Crippen molar-refractivity contribution in [2.24, 2.45) is 0 Å². The van der Waals surface area contributed by atoms with E-state index in [-0.39, 0.29) is 6.61 Å². The first kappa shape index (κ1) is 18.2. The Hall–Kier alpha value is -3.60. The molecule has 0 aliphatic carbocycles. The molecule has 2 amide bonds. The number of hydrazine groups is 1. The number of hydrogen-bond donors (Lipinski definition) is 2. The van der Waals surface area contributed by atoms with Crippen molar-refractivity contribution in [2.45, 2.75) is 6.92 Å². The van der Waals surface area contributed by atoms with Gasteiger partial charge in [0.15, 0.2) is 6.61 Å². The molecule has 5 nitrogen and oxygen atoms in total. The fraction of sp³-hybridized carbons (Fsp3) is 0.0909. The summed E-state index contributed by atoms with van der Waals surface area (Å²) in [6.45, 7) is 1.76. The van der Waals surface area contributed by atoms with E-state index in [0.717, 1.165) is 21.9 Å². The van der Waals surface area contributed by atoms with E-state index in [4.69, 9.17) is 4.74 Å². The molecule has 3 rings (SSSR count). The number of rotatable bonds is 5. The van der Waals surface area contributed by atoms with Gasteiger partial charge in [-0.15, -0.1) is 0 Å².